The van der Waals surface area contributed by atoms with E-state index in [1.54, 1.807) is 4.90 Å². The number of carboxylic acid groups (broad SMARTS) is 1. The van der Waals surface area contributed by atoms with Crippen molar-refractivity contribution in [3.8, 4) is 0 Å². The van der Waals surface area contributed by atoms with Gasteiger partial charge in [0.2, 0.25) is 0 Å². The summed E-state index contributed by atoms with van der Waals surface area (Å²) < 4.78 is 0. The van der Waals surface area contributed by atoms with Crippen LogP contribution < -0.4 is 5.32 Å². The lowest BCUT2D eigenvalue weighted by molar-refractivity contribution is -0.155. The quantitative estimate of drug-likeness (QED) is 0.584. The molecule has 0 spiro atoms. The number of urea groups is 1. The highest BCUT2D eigenvalue weighted by Crippen LogP contribution is 2.06. The van der Waals surface area contributed by atoms with E-state index in [0.29, 0.717) is 6.54 Å². The maximum absolute atomic E-state index is 12.0. The predicted octanol–water partition coefficient (Wildman–Crippen LogP) is 1.43. The number of carbonyl (C=O) groups is 2. The van der Waals surface area contributed by atoms with Crippen LogP contribution in [0.4, 0.5) is 4.79 Å². The number of nitrogens with one attached hydrogen (secondary N) is 1. The van der Waals surface area contributed by atoms with Gasteiger partial charge in [0.05, 0.1) is 6.54 Å². The van der Waals surface area contributed by atoms with Gasteiger partial charge < -0.3 is 20.4 Å². The van der Waals surface area contributed by atoms with Gasteiger partial charge in [0.25, 0.3) is 0 Å². The second kappa shape index (κ2) is 7.99. The number of unbranched alkanes of at least 4 members (excludes halogenated alkanes) is 2. The number of rotatable bonds is 8. The molecule has 0 saturated heterocycles. The van der Waals surface area contributed by atoms with Gasteiger partial charge in [-0.3, -0.25) is 0 Å². The third kappa shape index (κ3) is 6.42. The summed E-state index contributed by atoms with van der Waals surface area (Å²) in [6.07, 6.45) is 3.03. The van der Waals surface area contributed by atoms with Crippen LogP contribution >= 0.6 is 0 Å². The predicted molar refractivity (Wildman–Crippen MR) is 73.0 cm³/mol. The molecule has 6 nitrogen and oxygen atoms in total. The topological polar surface area (TPSA) is 89.9 Å². The Balaban J connectivity index is 4.37. The smallest absolute Gasteiger partial charge is 0.337 e. The van der Waals surface area contributed by atoms with Crippen LogP contribution in [0.15, 0.2) is 0 Å². The van der Waals surface area contributed by atoms with Crippen LogP contribution in [-0.2, 0) is 4.79 Å². The van der Waals surface area contributed by atoms with Gasteiger partial charge in [0.1, 0.15) is 0 Å². The summed E-state index contributed by atoms with van der Waals surface area (Å²) in [5.41, 5.74) is -1.94. The Labute approximate surface area is 114 Å². The van der Waals surface area contributed by atoms with E-state index in [4.69, 9.17) is 5.11 Å². The fourth-order valence-corrected chi connectivity index (χ4v) is 1.55. The number of aliphatic carboxylic acids is 1. The average molecular weight is 274 g/mol. The molecule has 0 aliphatic rings. The van der Waals surface area contributed by atoms with Gasteiger partial charge in [-0.25, -0.2) is 9.59 Å². The van der Waals surface area contributed by atoms with E-state index in [1.165, 1.54) is 0 Å². The Morgan fingerprint density at radius 1 is 1.32 bits per heavy atom. The van der Waals surface area contributed by atoms with E-state index in [9.17, 15) is 14.7 Å². The van der Waals surface area contributed by atoms with Gasteiger partial charge in [-0.05, 0) is 27.2 Å². The summed E-state index contributed by atoms with van der Waals surface area (Å²) in [4.78, 5) is 24.3. The van der Waals surface area contributed by atoms with Gasteiger partial charge >= 0.3 is 12.0 Å². The van der Waals surface area contributed by atoms with Crippen LogP contribution in [0.25, 0.3) is 0 Å². The molecule has 0 bridgehead atoms. The maximum atomic E-state index is 12.0. The molecular formula is C13H26N2O4. The molecule has 19 heavy (non-hydrogen) atoms. The van der Waals surface area contributed by atoms with Crippen LogP contribution in [0.3, 0.4) is 0 Å². The molecule has 0 saturated carbocycles. The Kier molecular flexibility index (Phi) is 7.44. The van der Waals surface area contributed by atoms with Crippen LogP contribution in [0.5, 0.6) is 0 Å². The lowest BCUT2D eigenvalue weighted by Gasteiger charge is -2.28. The second-order valence-corrected chi connectivity index (χ2v) is 5.23. The van der Waals surface area contributed by atoms with Crippen molar-refractivity contribution in [3.63, 3.8) is 0 Å². The number of carboxylic acids is 1. The van der Waals surface area contributed by atoms with E-state index in [0.717, 1.165) is 26.2 Å². The zero-order valence-electron chi connectivity index (χ0n) is 12.3. The number of hydrogen-bond acceptors (Lipinski definition) is 3. The molecule has 1 unspecified atom stereocenters. The highest BCUT2D eigenvalue weighted by atomic mass is 16.4. The summed E-state index contributed by atoms with van der Waals surface area (Å²) in [7, 11) is 0. The van der Waals surface area contributed by atoms with Gasteiger partial charge in [-0.1, -0.05) is 19.8 Å². The number of nitrogens with zero attached hydrogens (tertiary/aromatic N) is 1. The van der Waals surface area contributed by atoms with Crippen molar-refractivity contribution in [1.29, 1.82) is 0 Å². The van der Waals surface area contributed by atoms with E-state index < -0.39 is 11.6 Å². The molecule has 0 aliphatic carbocycles. The molecule has 0 heterocycles. The molecule has 0 aromatic rings. The SMILES string of the molecule is CCCCCN(C(=O)NCC(C)(O)C(=O)O)C(C)C. The molecule has 0 aromatic carbocycles. The first-order valence-corrected chi connectivity index (χ1v) is 6.72. The molecule has 2 amide bonds. The number of aliphatic hydroxyl groups is 1. The third-order valence-electron chi connectivity index (χ3n) is 2.93. The molecule has 3 N–H and O–H groups in total. The second-order valence-electron chi connectivity index (χ2n) is 5.23. The normalized spacial score (nSPS) is 14.0. The zero-order chi connectivity index (χ0) is 15.1. The van der Waals surface area contributed by atoms with Crippen molar-refractivity contribution in [2.45, 2.75) is 58.6 Å². The number of carbonyl (C=O) groups excluding carboxylic acids is 1. The molecule has 1 atom stereocenters. The van der Waals surface area contributed by atoms with Crippen LogP contribution in [-0.4, -0.2) is 51.8 Å². The molecule has 0 aromatic heterocycles. The average Bonchev–Trinajstić information content (AvgIpc) is 2.31. The number of amides is 2. The molecule has 0 radical (unpaired) electrons. The van der Waals surface area contributed by atoms with Gasteiger partial charge in [0, 0.05) is 12.6 Å². The summed E-state index contributed by atoms with van der Waals surface area (Å²) in [5.74, 6) is -1.35. The minimum atomic E-state index is -1.94. The lowest BCUT2D eigenvalue weighted by Crippen LogP contribution is -2.51. The first kappa shape index (κ1) is 17.7. The van der Waals surface area contributed by atoms with E-state index in [2.05, 4.69) is 12.2 Å². The highest BCUT2D eigenvalue weighted by Gasteiger charge is 2.31. The molecular weight excluding hydrogens is 248 g/mol. The van der Waals surface area contributed by atoms with Crippen LogP contribution in [0, 0.1) is 0 Å². The largest absolute Gasteiger partial charge is 0.479 e. The van der Waals surface area contributed by atoms with Crippen LogP contribution in [0.1, 0.15) is 47.0 Å². The maximum Gasteiger partial charge on any atom is 0.337 e. The molecule has 0 rings (SSSR count). The fourth-order valence-electron chi connectivity index (χ4n) is 1.55. The summed E-state index contributed by atoms with van der Waals surface area (Å²) >= 11 is 0. The highest BCUT2D eigenvalue weighted by molar-refractivity contribution is 5.79. The lowest BCUT2D eigenvalue weighted by atomic mass is 10.1. The third-order valence-corrected chi connectivity index (χ3v) is 2.93. The van der Waals surface area contributed by atoms with Gasteiger partial charge in [0.15, 0.2) is 5.60 Å². The Hall–Kier alpha value is -1.30. The minimum Gasteiger partial charge on any atom is -0.479 e. The van der Waals surface area contributed by atoms with Gasteiger partial charge in [-0.15, -0.1) is 0 Å². The van der Waals surface area contributed by atoms with Crippen molar-refractivity contribution in [2.75, 3.05) is 13.1 Å². The summed E-state index contributed by atoms with van der Waals surface area (Å²) in [5, 5.41) is 20.8. The van der Waals surface area contributed by atoms with E-state index in [1.807, 2.05) is 13.8 Å². The van der Waals surface area contributed by atoms with Crippen molar-refractivity contribution >= 4 is 12.0 Å². The van der Waals surface area contributed by atoms with Crippen molar-refractivity contribution in [2.24, 2.45) is 0 Å². The summed E-state index contributed by atoms with van der Waals surface area (Å²) in [6.45, 7) is 7.38. The molecule has 112 valence electrons. The van der Waals surface area contributed by atoms with Crippen molar-refractivity contribution in [3.05, 3.63) is 0 Å². The van der Waals surface area contributed by atoms with E-state index >= 15 is 0 Å². The standard InChI is InChI=1S/C13H26N2O4/c1-5-6-7-8-15(10(2)3)12(18)14-9-13(4,19)11(16)17/h10,19H,5-9H2,1-4H3,(H,14,18)(H,16,17). The molecule has 0 aliphatic heterocycles. The monoisotopic (exact) mass is 274 g/mol. The Morgan fingerprint density at radius 2 is 1.89 bits per heavy atom. The van der Waals surface area contributed by atoms with E-state index in [-0.39, 0.29) is 18.6 Å². The molecule has 6 heteroatoms. The number of hydrogen-bond donors (Lipinski definition) is 3. The summed E-state index contributed by atoms with van der Waals surface area (Å²) in [6, 6.07) is -0.306. The Bertz CT molecular complexity index is 303. The fraction of sp³-hybridized carbons (Fsp3) is 0.846. The zero-order valence-corrected chi connectivity index (χ0v) is 12.3. The van der Waals surface area contributed by atoms with Gasteiger partial charge in [-0.2, -0.15) is 0 Å². The Morgan fingerprint density at radius 3 is 2.32 bits per heavy atom. The first-order chi connectivity index (χ1) is 8.72. The first-order valence-electron chi connectivity index (χ1n) is 6.72. The minimum absolute atomic E-state index is 0.0339. The van der Waals surface area contributed by atoms with Crippen molar-refractivity contribution in [1.82, 2.24) is 10.2 Å². The van der Waals surface area contributed by atoms with Crippen molar-refractivity contribution < 1.29 is 19.8 Å². The molecule has 0 fully saturated rings. The van der Waals surface area contributed by atoms with Crippen LogP contribution in [0.2, 0.25) is 0 Å².